The van der Waals surface area contributed by atoms with Crippen LogP contribution in [0.3, 0.4) is 0 Å². The number of aromatic amines is 1. The molecule has 3 aromatic rings. The van der Waals surface area contributed by atoms with E-state index in [1.807, 2.05) is 4.57 Å². The first-order chi connectivity index (χ1) is 12.1. The Kier molecular flexibility index (Phi) is 3.71. The molecule has 25 heavy (non-hydrogen) atoms. The van der Waals surface area contributed by atoms with Crippen LogP contribution in [-0.4, -0.2) is 25.6 Å². The molecule has 0 fully saturated rings. The minimum absolute atomic E-state index is 0.375. The average Bonchev–Trinajstić information content (AvgIpc) is 2.88. The highest BCUT2D eigenvalue weighted by Gasteiger charge is 2.24. The van der Waals surface area contributed by atoms with Crippen molar-refractivity contribution in [2.24, 2.45) is 7.05 Å². The summed E-state index contributed by atoms with van der Waals surface area (Å²) in [5.74, 6) is 0.725. The lowest BCUT2D eigenvalue weighted by atomic mass is 10.1. The van der Waals surface area contributed by atoms with Crippen molar-refractivity contribution < 1.29 is 0 Å². The van der Waals surface area contributed by atoms with Crippen LogP contribution < -0.4 is 16.1 Å². The molecule has 1 aliphatic rings. The number of hydrogen-bond acceptors (Lipinski definition) is 4. The van der Waals surface area contributed by atoms with E-state index in [1.165, 1.54) is 10.1 Å². The number of H-pyrrole nitrogens is 1. The SMILES string of the molecule is CCc1ccc(N2CCCCn3c2nc2c3c(=O)[nH]c(=O)n2C)cc1. The van der Waals surface area contributed by atoms with Gasteiger partial charge in [-0.2, -0.15) is 4.98 Å². The molecule has 1 N–H and O–H groups in total. The van der Waals surface area contributed by atoms with E-state index in [-0.39, 0.29) is 5.56 Å². The first-order valence-corrected chi connectivity index (χ1v) is 8.66. The van der Waals surface area contributed by atoms with Gasteiger partial charge in [0.2, 0.25) is 5.95 Å². The second-order valence-electron chi connectivity index (χ2n) is 6.43. The highest BCUT2D eigenvalue weighted by molar-refractivity contribution is 5.76. The number of imidazole rings is 1. The van der Waals surface area contributed by atoms with E-state index in [0.717, 1.165) is 44.0 Å². The molecule has 130 valence electrons. The van der Waals surface area contributed by atoms with Crippen LogP contribution in [0, 0.1) is 0 Å². The molecule has 0 saturated carbocycles. The maximum atomic E-state index is 12.4. The van der Waals surface area contributed by atoms with E-state index in [2.05, 4.69) is 46.1 Å². The smallest absolute Gasteiger partial charge is 0.312 e. The number of nitrogens with zero attached hydrogens (tertiary/aromatic N) is 4. The van der Waals surface area contributed by atoms with Crippen LogP contribution in [-0.2, 0) is 20.0 Å². The lowest BCUT2D eigenvalue weighted by Crippen LogP contribution is -2.29. The van der Waals surface area contributed by atoms with Gasteiger partial charge in [0, 0.05) is 25.8 Å². The van der Waals surface area contributed by atoms with Crippen molar-refractivity contribution in [3.8, 4) is 0 Å². The van der Waals surface area contributed by atoms with E-state index >= 15 is 0 Å². The molecule has 7 heteroatoms. The fraction of sp³-hybridized carbons (Fsp3) is 0.389. The van der Waals surface area contributed by atoms with Gasteiger partial charge in [-0.05, 0) is 37.0 Å². The van der Waals surface area contributed by atoms with Crippen LogP contribution in [0.4, 0.5) is 11.6 Å². The lowest BCUT2D eigenvalue weighted by molar-refractivity contribution is 0.665. The fourth-order valence-electron chi connectivity index (χ4n) is 3.44. The largest absolute Gasteiger partial charge is 0.329 e. The fourth-order valence-corrected chi connectivity index (χ4v) is 3.44. The molecule has 0 saturated heterocycles. The summed E-state index contributed by atoms with van der Waals surface area (Å²) < 4.78 is 3.34. The maximum Gasteiger partial charge on any atom is 0.329 e. The number of fused-ring (bicyclic) bond motifs is 3. The molecule has 3 heterocycles. The molecule has 1 aromatic carbocycles. The summed E-state index contributed by atoms with van der Waals surface area (Å²) in [6.45, 7) is 3.68. The maximum absolute atomic E-state index is 12.4. The lowest BCUT2D eigenvalue weighted by Gasteiger charge is -2.22. The van der Waals surface area contributed by atoms with Crippen LogP contribution in [0.1, 0.15) is 25.3 Å². The molecular weight excluding hydrogens is 318 g/mol. The molecule has 0 amide bonds. The minimum atomic E-state index is -0.440. The molecule has 4 rings (SSSR count). The molecule has 0 aliphatic carbocycles. The van der Waals surface area contributed by atoms with Crippen molar-refractivity contribution >= 4 is 22.8 Å². The molecular formula is C18H21N5O2. The van der Waals surface area contributed by atoms with Gasteiger partial charge >= 0.3 is 5.69 Å². The number of rotatable bonds is 2. The third-order valence-corrected chi connectivity index (χ3v) is 4.90. The molecule has 1 aliphatic heterocycles. The molecule has 0 bridgehead atoms. The van der Waals surface area contributed by atoms with Crippen molar-refractivity contribution in [2.75, 3.05) is 11.4 Å². The Bertz CT molecular complexity index is 1040. The van der Waals surface area contributed by atoms with Gasteiger partial charge in [-0.15, -0.1) is 0 Å². The predicted molar refractivity (Wildman–Crippen MR) is 97.7 cm³/mol. The number of benzene rings is 1. The number of hydrogen-bond donors (Lipinski definition) is 1. The van der Waals surface area contributed by atoms with Crippen LogP contribution in [0.2, 0.25) is 0 Å². The van der Waals surface area contributed by atoms with Gasteiger partial charge in [0.05, 0.1) is 0 Å². The number of aryl methyl sites for hydroxylation is 3. The summed E-state index contributed by atoms with van der Waals surface area (Å²) >= 11 is 0. The Morgan fingerprint density at radius 2 is 1.84 bits per heavy atom. The van der Waals surface area contributed by atoms with Gasteiger partial charge in [-0.3, -0.25) is 14.3 Å². The van der Waals surface area contributed by atoms with Gasteiger partial charge in [-0.25, -0.2) is 4.79 Å². The molecule has 0 radical (unpaired) electrons. The molecule has 0 spiro atoms. The summed E-state index contributed by atoms with van der Waals surface area (Å²) in [5.41, 5.74) is 2.42. The van der Waals surface area contributed by atoms with Crippen LogP contribution >= 0.6 is 0 Å². The zero-order chi connectivity index (χ0) is 17.6. The first kappa shape index (κ1) is 15.7. The summed E-state index contributed by atoms with van der Waals surface area (Å²) in [6.07, 6.45) is 2.98. The zero-order valence-electron chi connectivity index (χ0n) is 14.5. The summed E-state index contributed by atoms with van der Waals surface area (Å²) in [6, 6.07) is 8.43. The average molecular weight is 339 g/mol. The van der Waals surface area contributed by atoms with E-state index in [9.17, 15) is 9.59 Å². The van der Waals surface area contributed by atoms with E-state index < -0.39 is 5.69 Å². The van der Waals surface area contributed by atoms with Crippen molar-refractivity contribution in [3.63, 3.8) is 0 Å². The summed E-state index contributed by atoms with van der Waals surface area (Å²) in [7, 11) is 1.63. The van der Waals surface area contributed by atoms with Gasteiger partial charge in [0.25, 0.3) is 5.56 Å². The second-order valence-corrected chi connectivity index (χ2v) is 6.43. The minimum Gasteiger partial charge on any atom is -0.312 e. The van der Waals surface area contributed by atoms with Gasteiger partial charge in [-0.1, -0.05) is 19.1 Å². The van der Waals surface area contributed by atoms with E-state index in [4.69, 9.17) is 0 Å². The normalized spacial score (nSPS) is 14.6. The van der Waals surface area contributed by atoms with Gasteiger partial charge in [0.1, 0.15) is 0 Å². The Morgan fingerprint density at radius 1 is 1.12 bits per heavy atom. The van der Waals surface area contributed by atoms with E-state index in [1.54, 1.807) is 7.05 Å². The summed E-state index contributed by atoms with van der Waals surface area (Å²) in [5, 5.41) is 0. The third kappa shape index (κ3) is 2.47. The first-order valence-electron chi connectivity index (χ1n) is 8.66. The predicted octanol–water partition coefficient (Wildman–Crippen LogP) is 1.92. The molecule has 0 atom stereocenters. The van der Waals surface area contributed by atoms with Crippen LogP contribution in [0.5, 0.6) is 0 Å². The zero-order valence-corrected chi connectivity index (χ0v) is 14.5. The summed E-state index contributed by atoms with van der Waals surface area (Å²) in [4.78, 5) is 33.5. The quantitative estimate of drug-likeness (QED) is 0.774. The number of anilines is 2. The Balaban J connectivity index is 1.94. The topological polar surface area (TPSA) is 75.9 Å². The van der Waals surface area contributed by atoms with Crippen molar-refractivity contribution in [1.29, 1.82) is 0 Å². The third-order valence-electron chi connectivity index (χ3n) is 4.90. The van der Waals surface area contributed by atoms with Crippen molar-refractivity contribution in [2.45, 2.75) is 32.7 Å². The van der Waals surface area contributed by atoms with Gasteiger partial charge in [0.15, 0.2) is 11.2 Å². The monoisotopic (exact) mass is 339 g/mol. The standard InChI is InChI=1S/C18H21N5O2/c1-3-12-6-8-13(9-7-12)22-10-4-5-11-23-14-15(19-17(22)23)21(2)18(25)20-16(14)24/h6-9H,3-5,10-11H2,1-2H3,(H,20,24,25). The second kappa shape index (κ2) is 5.91. The van der Waals surface area contributed by atoms with Gasteiger partial charge < -0.3 is 9.47 Å². The van der Waals surface area contributed by atoms with Crippen molar-refractivity contribution in [3.05, 3.63) is 50.7 Å². The Morgan fingerprint density at radius 3 is 2.56 bits per heavy atom. The molecule has 7 nitrogen and oxygen atoms in total. The van der Waals surface area contributed by atoms with E-state index in [0.29, 0.717) is 11.2 Å². The highest BCUT2D eigenvalue weighted by atomic mass is 16.2. The highest BCUT2D eigenvalue weighted by Crippen LogP contribution is 2.30. The Labute approximate surface area is 144 Å². The van der Waals surface area contributed by atoms with Crippen LogP contribution in [0.25, 0.3) is 11.2 Å². The molecule has 2 aromatic heterocycles. The Hall–Kier alpha value is -2.83. The van der Waals surface area contributed by atoms with Crippen LogP contribution in [0.15, 0.2) is 33.9 Å². The number of nitrogens with one attached hydrogen (secondary N) is 1. The molecule has 0 unspecified atom stereocenters. The van der Waals surface area contributed by atoms with Crippen molar-refractivity contribution in [1.82, 2.24) is 19.1 Å². The number of aromatic nitrogens is 4.